The van der Waals surface area contributed by atoms with Crippen LogP contribution in [0.2, 0.25) is 5.02 Å². The SMILES string of the molecule is Cc1nn(C)cc1-c1ccc(CN2CCC(O)(c3ccc4ncc(N5CCC(=O)NC5=O)cc4c3F)C(C)(C)C2)cc1Cl. The maximum atomic E-state index is 16.2. The summed E-state index contributed by atoms with van der Waals surface area (Å²) in [6.45, 7) is 7.77. The second-order valence-electron chi connectivity index (χ2n) is 12.3. The maximum Gasteiger partial charge on any atom is 0.328 e. The molecule has 2 aromatic heterocycles. The molecular weight excluding hydrogens is 571 g/mol. The number of aryl methyl sites for hydroxylation is 2. The van der Waals surface area contributed by atoms with Crippen LogP contribution in [0.3, 0.4) is 0 Å². The Morgan fingerprint density at radius 3 is 2.58 bits per heavy atom. The molecule has 0 spiro atoms. The highest BCUT2D eigenvalue weighted by molar-refractivity contribution is 6.33. The van der Waals surface area contributed by atoms with E-state index in [9.17, 15) is 14.7 Å². The lowest BCUT2D eigenvalue weighted by Crippen LogP contribution is -2.55. The van der Waals surface area contributed by atoms with Crippen molar-refractivity contribution in [2.75, 3.05) is 24.5 Å². The molecule has 0 bridgehead atoms. The van der Waals surface area contributed by atoms with E-state index in [1.807, 2.05) is 46.1 Å². The van der Waals surface area contributed by atoms with Gasteiger partial charge < -0.3 is 5.11 Å². The first-order valence-electron chi connectivity index (χ1n) is 14.3. The summed E-state index contributed by atoms with van der Waals surface area (Å²) in [7, 11) is 1.88. The first-order chi connectivity index (χ1) is 20.4. The molecule has 2 fully saturated rings. The molecule has 2 aliphatic heterocycles. The van der Waals surface area contributed by atoms with Crippen LogP contribution < -0.4 is 10.2 Å². The number of amides is 3. The number of aliphatic hydroxyl groups is 1. The van der Waals surface area contributed by atoms with Crippen LogP contribution in [0.4, 0.5) is 14.9 Å². The summed E-state index contributed by atoms with van der Waals surface area (Å²) < 4.78 is 18.0. The average molecular weight is 605 g/mol. The van der Waals surface area contributed by atoms with Crippen molar-refractivity contribution < 1.29 is 19.1 Å². The monoisotopic (exact) mass is 604 g/mol. The molecule has 1 atom stereocenters. The van der Waals surface area contributed by atoms with E-state index in [1.165, 1.54) is 11.1 Å². The van der Waals surface area contributed by atoms with Crippen molar-refractivity contribution in [3.8, 4) is 11.1 Å². The number of fused-ring (bicyclic) bond motifs is 1. The smallest absolute Gasteiger partial charge is 0.328 e. The van der Waals surface area contributed by atoms with Gasteiger partial charge in [-0.2, -0.15) is 5.10 Å². The van der Waals surface area contributed by atoms with Crippen molar-refractivity contribution >= 4 is 40.1 Å². The van der Waals surface area contributed by atoms with Gasteiger partial charge in [0.25, 0.3) is 0 Å². The van der Waals surface area contributed by atoms with Crippen molar-refractivity contribution in [3.63, 3.8) is 0 Å². The maximum absolute atomic E-state index is 16.2. The largest absolute Gasteiger partial charge is 0.384 e. The minimum atomic E-state index is -1.44. The highest BCUT2D eigenvalue weighted by atomic mass is 35.5. The Morgan fingerprint density at radius 2 is 1.91 bits per heavy atom. The van der Waals surface area contributed by atoms with Crippen LogP contribution in [0, 0.1) is 18.2 Å². The molecule has 0 saturated carbocycles. The Morgan fingerprint density at radius 1 is 1.12 bits per heavy atom. The number of anilines is 1. The zero-order valence-corrected chi connectivity index (χ0v) is 25.4. The molecule has 224 valence electrons. The van der Waals surface area contributed by atoms with Crippen LogP contribution in [0.1, 0.15) is 43.5 Å². The summed E-state index contributed by atoms with van der Waals surface area (Å²) in [4.78, 5) is 31.9. The molecule has 3 amide bonds. The van der Waals surface area contributed by atoms with Crippen molar-refractivity contribution in [2.45, 2.75) is 45.8 Å². The van der Waals surface area contributed by atoms with Gasteiger partial charge in [0.15, 0.2) is 0 Å². The molecule has 6 rings (SSSR count). The molecule has 2 aromatic carbocycles. The summed E-state index contributed by atoms with van der Waals surface area (Å²) in [5, 5.41) is 19.7. The van der Waals surface area contributed by atoms with Crippen LogP contribution in [-0.2, 0) is 24.0 Å². The number of urea groups is 1. The molecule has 0 radical (unpaired) electrons. The van der Waals surface area contributed by atoms with Gasteiger partial charge in [-0.15, -0.1) is 0 Å². The van der Waals surface area contributed by atoms with Crippen molar-refractivity contribution in [2.24, 2.45) is 12.5 Å². The molecule has 9 nitrogen and oxygen atoms in total. The number of likely N-dealkylation sites (tertiary alicyclic amines) is 1. The predicted molar refractivity (Wildman–Crippen MR) is 163 cm³/mol. The first-order valence-corrected chi connectivity index (χ1v) is 14.7. The zero-order chi connectivity index (χ0) is 30.7. The summed E-state index contributed by atoms with van der Waals surface area (Å²) >= 11 is 6.70. The summed E-state index contributed by atoms with van der Waals surface area (Å²) in [6, 6.07) is 10.4. The Bertz CT molecular complexity index is 1770. The fourth-order valence-corrected chi connectivity index (χ4v) is 6.79. The first kappa shape index (κ1) is 29.2. The third-order valence-electron chi connectivity index (χ3n) is 8.87. The van der Waals surface area contributed by atoms with E-state index in [2.05, 4.69) is 26.4 Å². The minimum absolute atomic E-state index is 0.150. The normalized spacial score (nSPS) is 21.0. The number of hydrogen-bond acceptors (Lipinski definition) is 6. The fraction of sp³-hybridized carbons (Fsp3) is 0.375. The number of rotatable bonds is 5. The number of piperidine rings is 1. The van der Waals surface area contributed by atoms with Gasteiger partial charge in [0, 0.05) is 78.4 Å². The summed E-state index contributed by atoms with van der Waals surface area (Å²) in [5.74, 6) is -0.906. The van der Waals surface area contributed by atoms with Gasteiger partial charge in [-0.05, 0) is 37.1 Å². The minimum Gasteiger partial charge on any atom is -0.384 e. The van der Waals surface area contributed by atoms with E-state index in [1.54, 1.807) is 22.9 Å². The molecule has 2 saturated heterocycles. The summed E-state index contributed by atoms with van der Waals surface area (Å²) in [5.41, 5.74) is 2.77. The zero-order valence-electron chi connectivity index (χ0n) is 24.6. The summed E-state index contributed by atoms with van der Waals surface area (Å²) in [6.07, 6.45) is 3.92. The van der Waals surface area contributed by atoms with Crippen molar-refractivity contribution in [3.05, 3.63) is 76.5 Å². The number of imide groups is 1. The molecule has 0 aliphatic carbocycles. The predicted octanol–water partition coefficient (Wildman–Crippen LogP) is 5.30. The van der Waals surface area contributed by atoms with Crippen molar-refractivity contribution in [1.29, 1.82) is 0 Å². The van der Waals surface area contributed by atoms with E-state index in [4.69, 9.17) is 11.6 Å². The Hall–Kier alpha value is -3.86. The van der Waals surface area contributed by atoms with E-state index in [0.717, 1.165) is 22.4 Å². The van der Waals surface area contributed by atoms with Crippen LogP contribution in [0.15, 0.2) is 48.8 Å². The topological polar surface area (TPSA) is 104 Å². The van der Waals surface area contributed by atoms with Gasteiger partial charge in [-0.3, -0.25) is 29.6 Å². The number of aromatic nitrogens is 3. The van der Waals surface area contributed by atoms with E-state index >= 15 is 4.39 Å². The molecule has 4 heterocycles. The molecule has 2 aliphatic rings. The molecule has 4 aromatic rings. The number of hydrogen-bond donors (Lipinski definition) is 2. The van der Waals surface area contributed by atoms with Crippen LogP contribution in [0.25, 0.3) is 22.0 Å². The second-order valence-corrected chi connectivity index (χ2v) is 12.7. The lowest BCUT2D eigenvalue weighted by molar-refractivity contribution is -0.128. The molecule has 1 unspecified atom stereocenters. The molecule has 43 heavy (non-hydrogen) atoms. The van der Waals surface area contributed by atoms with Crippen LogP contribution in [0.5, 0.6) is 0 Å². The number of benzene rings is 2. The van der Waals surface area contributed by atoms with Gasteiger partial charge in [0.1, 0.15) is 5.82 Å². The van der Waals surface area contributed by atoms with E-state index in [-0.39, 0.29) is 29.8 Å². The number of nitrogens with one attached hydrogen (secondary N) is 1. The number of carbonyl (C=O) groups excluding carboxylic acids is 2. The van der Waals surface area contributed by atoms with E-state index in [0.29, 0.717) is 42.3 Å². The second kappa shape index (κ2) is 10.7. The van der Waals surface area contributed by atoms with E-state index < -0.39 is 22.9 Å². The number of halogens is 2. The third-order valence-corrected chi connectivity index (χ3v) is 9.18. The van der Waals surface area contributed by atoms with Gasteiger partial charge in [0.05, 0.1) is 28.7 Å². The van der Waals surface area contributed by atoms with Gasteiger partial charge in [-0.25, -0.2) is 9.18 Å². The van der Waals surface area contributed by atoms with Crippen molar-refractivity contribution in [1.82, 2.24) is 25.0 Å². The molecule has 11 heteroatoms. The number of pyridine rings is 1. The molecule has 2 N–H and O–H groups in total. The highest BCUT2D eigenvalue weighted by Crippen LogP contribution is 2.48. The quantitative estimate of drug-likeness (QED) is 0.320. The lowest BCUT2D eigenvalue weighted by Gasteiger charge is -2.50. The highest BCUT2D eigenvalue weighted by Gasteiger charge is 2.50. The van der Waals surface area contributed by atoms with Gasteiger partial charge in [-0.1, -0.05) is 43.6 Å². The van der Waals surface area contributed by atoms with Gasteiger partial charge in [0.2, 0.25) is 5.91 Å². The fourth-order valence-electron chi connectivity index (χ4n) is 6.49. The lowest BCUT2D eigenvalue weighted by atomic mass is 9.66. The molecular formula is C32H34ClFN6O3. The number of carbonyl (C=O) groups is 2. The number of nitrogens with zero attached hydrogens (tertiary/aromatic N) is 5. The Kier molecular flexibility index (Phi) is 7.27. The Balaban J connectivity index is 1.24. The third kappa shape index (κ3) is 5.17. The standard InChI is InChI=1S/C32H34ClFN6O3/c1-19-24(17-38(4)37-19)22-6-5-20(13-26(22)33)16-39-12-10-32(43,31(2,3)18-39)25-7-8-27-23(29(25)34)14-21(15-35-27)40-11-9-28(41)36-30(40)42/h5-8,13-15,17,43H,9-12,16,18H2,1-4H3,(H,36,41,42). The van der Waals surface area contributed by atoms with Gasteiger partial charge >= 0.3 is 6.03 Å². The van der Waals surface area contributed by atoms with Crippen LogP contribution in [-0.4, -0.2) is 56.3 Å². The average Bonchev–Trinajstić information content (AvgIpc) is 3.28. The van der Waals surface area contributed by atoms with Crippen LogP contribution >= 0.6 is 11.6 Å². The Labute approximate surface area is 254 Å².